The molecule has 0 fully saturated rings. The van der Waals surface area contributed by atoms with Crippen LogP contribution in [0.2, 0.25) is 0 Å². The number of hydrogen-bond acceptors (Lipinski definition) is 1. The maximum Gasteiger partial charge on any atom is 0.0762 e. The third-order valence-electron chi connectivity index (χ3n) is 4.26. The summed E-state index contributed by atoms with van der Waals surface area (Å²) in [6.07, 6.45) is 3.46. The van der Waals surface area contributed by atoms with Crippen molar-refractivity contribution in [2.75, 3.05) is 0 Å². The number of aliphatic hydroxyl groups excluding tert-OH is 1. The molecule has 0 spiro atoms. The van der Waals surface area contributed by atoms with Gasteiger partial charge in [-0.2, -0.15) is 0 Å². The van der Waals surface area contributed by atoms with Gasteiger partial charge in [0, 0.05) is 0 Å². The molecule has 1 aliphatic rings. The van der Waals surface area contributed by atoms with Crippen molar-refractivity contribution in [2.45, 2.75) is 64.4 Å². The summed E-state index contributed by atoms with van der Waals surface area (Å²) in [7, 11) is 0. The van der Waals surface area contributed by atoms with E-state index < -0.39 is 0 Å². The van der Waals surface area contributed by atoms with Gasteiger partial charge in [0.05, 0.1) is 6.10 Å². The summed E-state index contributed by atoms with van der Waals surface area (Å²) in [5.41, 5.74) is 4.25. The molecule has 0 saturated carbocycles. The third kappa shape index (κ3) is 2.40. The second kappa shape index (κ2) is 4.45. The lowest BCUT2D eigenvalue weighted by Crippen LogP contribution is -2.17. The Labute approximate surface area is 105 Å². The summed E-state index contributed by atoms with van der Waals surface area (Å²) in [5.74, 6) is 0.616. The van der Waals surface area contributed by atoms with Crippen LogP contribution in [-0.4, -0.2) is 5.11 Å². The van der Waals surface area contributed by atoms with E-state index in [0.717, 1.165) is 5.56 Å². The molecule has 0 aliphatic heterocycles. The predicted octanol–water partition coefficient (Wildman–Crippen LogP) is 4.30. The highest BCUT2D eigenvalue weighted by molar-refractivity contribution is 5.40. The smallest absolute Gasteiger partial charge is 0.0762 e. The lowest BCUT2D eigenvalue weighted by atomic mass is 9.78. The molecule has 1 aromatic carbocycles. The minimum absolute atomic E-state index is 0.275. The molecule has 2 unspecified atom stereocenters. The molecule has 0 bridgehead atoms. The van der Waals surface area contributed by atoms with Gasteiger partial charge >= 0.3 is 0 Å². The van der Waals surface area contributed by atoms with Crippen molar-refractivity contribution in [2.24, 2.45) is 0 Å². The Kier molecular flexibility index (Phi) is 3.31. The van der Waals surface area contributed by atoms with Gasteiger partial charge in [0.15, 0.2) is 0 Å². The average Bonchev–Trinajstić information content (AvgIpc) is 2.37. The first-order valence-corrected chi connectivity index (χ1v) is 6.74. The highest BCUT2D eigenvalue weighted by atomic mass is 16.3. The van der Waals surface area contributed by atoms with Crippen molar-refractivity contribution in [3.05, 3.63) is 34.9 Å². The van der Waals surface area contributed by atoms with Gasteiger partial charge in [0.2, 0.25) is 0 Å². The van der Waals surface area contributed by atoms with Gasteiger partial charge in [-0.3, -0.25) is 0 Å². The van der Waals surface area contributed by atoms with E-state index in [1.807, 2.05) is 6.92 Å². The van der Waals surface area contributed by atoms with Crippen LogP contribution < -0.4 is 0 Å². The van der Waals surface area contributed by atoms with E-state index in [2.05, 4.69) is 39.0 Å². The molecular weight excluding hydrogens is 208 g/mol. The number of benzene rings is 1. The van der Waals surface area contributed by atoms with Crippen LogP contribution in [0.25, 0.3) is 0 Å². The molecule has 94 valence electrons. The monoisotopic (exact) mass is 232 g/mol. The summed E-state index contributed by atoms with van der Waals surface area (Å²) in [6.45, 7) is 8.83. The van der Waals surface area contributed by atoms with E-state index in [4.69, 9.17) is 0 Å². The van der Waals surface area contributed by atoms with E-state index >= 15 is 0 Å². The third-order valence-corrected chi connectivity index (χ3v) is 4.26. The summed E-state index contributed by atoms with van der Waals surface area (Å²) < 4.78 is 0. The lowest BCUT2D eigenvalue weighted by Gasteiger charge is -2.27. The second-order valence-corrected chi connectivity index (χ2v) is 6.20. The second-order valence-electron chi connectivity index (χ2n) is 6.20. The molecule has 0 aromatic heterocycles. The van der Waals surface area contributed by atoms with Crippen LogP contribution in [0, 0.1) is 0 Å². The van der Waals surface area contributed by atoms with Gasteiger partial charge in [-0.25, -0.2) is 0 Å². The number of hydrogen-bond donors (Lipinski definition) is 1. The largest absolute Gasteiger partial charge is 0.389 e. The molecule has 1 nitrogen and oxygen atoms in total. The maximum atomic E-state index is 9.71. The topological polar surface area (TPSA) is 20.2 Å². The fraction of sp³-hybridized carbons (Fsp3) is 0.625. The van der Waals surface area contributed by atoms with E-state index in [1.54, 1.807) is 0 Å². The maximum absolute atomic E-state index is 9.71. The van der Waals surface area contributed by atoms with Gasteiger partial charge in [-0.1, -0.05) is 45.4 Å². The Hall–Kier alpha value is -0.820. The quantitative estimate of drug-likeness (QED) is 0.715. The molecule has 2 rings (SSSR count). The van der Waals surface area contributed by atoms with E-state index in [9.17, 15) is 5.11 Å². The number of rotatable bonds is 1. The van der Waals surface area contributed by atoms with Crippen molar-refractivity contribution in [1.29, 1.82) is 0 Å². The van der Waals surface area contributed by atoms with Gasteiger partial charge in [0.25, 0.3) is 0 Å². The van der Waals surface area contributed by atoms with Gasteiger partial charge in [-0.05, 0) is 47.8 Å². The van der Waals surface area contributed by atoms with Crippen molar-refractivity contribution >= 4 is 0 Å². The van der Waals surface area contributed by atoms with Crippen LogP contribution in [0.3, 0.4) is 0 Å². The number of fused-ring (bicyclic) bond motifs is 1. The van der Waals surface area contributed by atoms with Crippen molar-refractivity contribution < 1.29 is 5.11 Å². The average molecular weight is 232 g/mol. The van der Waals surface area contributed by atoms with E-state index in [1.165, 1.54) is 30.4 Å². The Morgan fingerprint density at radius 2 is 2.06 bits per heavy atom. The molecule has 0 radical (unpaired) electrons. The fourth-order valence-electron chi connectivity index (χ4n) is 3.01. The van der Waals surface area contributed by atoms with Crippen molar-refractivity contribution in [1.82, 2.24) is 0 Å². The summed E-state index contributed by atoms with van der Waals surface area (Å²) >= 11 is 0. The molecule has 1 heteroatoms. The first-order valence-electron chi connectivity index (χ1n) is 6.74. The van der Waals surface area contributed by atoms with Crippen LogP contribution in [0.4, 0.5) is 0 Å². The van der Waals surface area contributed by atoms with Gasteiger partial charge in [-0.15, -0.1) is 0 Å². The molecule has 17 heavy (non-hydrogen) atoms. The molecule has 0 amide bonds. The first kappa shape index (κ1) is 12.6. The van der Waals surface area contributed by atoms with Gasteiger partial charge in [0.1, 0.15) is 0 Å². The molecule has 2 atom stereocenters. The zero-order chi connectivity index (χ0) is 12.6. The van der Waals surface area contributed by atoms with Crippen LogP contribution >= 0.6 is 0 Å². The Morgan fingerprint density at radius 3 is 2.71 bits per heavy atom. The SMILES string of the molecule is CC(O)c1ccc2c(c1)C(C)CCCC2(C)C. The molecule has 1 aromatic rings. The molecule has 1 aliphatic carbocycles. The van der Waals surface area contributed by atoms with Crippen molar-refractivity contribution in [3.8, 4) is 0 Å². The minimum atomic E-state index is -0.362. The Bertz CT molecular complexity index is 404. The summed E-state index contributed by atoms with van der Waals surface area (Å²) in [5, 5.41) is 9.71. The van der Waals surface area contributed by atoms with Crippen molar-refractivity contribution in [3.63, 3.8) is 0 Å². The normalized spacial score (nSPS) is 24.9. The molecule has 0 heterocycles. The van der Waals surface area contributed by atoms with Crippen LogP contribution in [-0.2, 0) is 5.41 Å². The molecular formula is C16H24O. The zero-order valence-electron chi connectivity index (χ0n) is 11.5. The summed E-state index contributed by atoms with van der Waals surface area (Å²) in [4.78, 5) is 0. The zero-order valence-corrected chi connectivity index (χ0v) is 11.5. The Morgan fingerprint density at radius 1 is 1.35 bits per heavy atom. The standard InChI is InChI=1S/C16H24O/c1-11-6-5-9-16(3,4)15-8-7-13(12(2)17)10-14(11)15/h7-8,10-12,17H,5-6,9H2,1-4H3. The number of aliphatic hydroxyl groups is 1. The van der Waals surface area contributed by atoms with Crippen LogP contribution in [0.15, 0.2) is 18.2 Å². The highest BCUT2D eigenvalue weighted by Crippen LogP contribution is 2.41. The minimum Gasteiger partial charge on any atom is -0.389 e. The molecule has 0 saturated heterocycles. The van der Waals surface area contributed by atoms with E-state index in [0.29, 0.717) is 5.92 Å². The molecule has 1 N–H and O–H groups in total. The fourth-order valence-corrected chi connectivity index (χ4v) is 3.01. The van der Waals surface area contributed by atoms with Crippen LogP contribution in [0.5, 0.6) is 0 Å². The predicted molar refractivity (Wildman–Crippen MR) is 72.4 cm³/mol. The Balaban J connectivity index is 2.53. The first-order chi connectivity index (χ1) is 7.92. The van der Waals surface area contributed by atoms with E-state index in [-0.39, 0.29) is 11.5 Å². The van der Waals surface area contributed by atoms with Gasteiger partial charge < -0.3 is 5.11 Å². The summed E-state index contributed by atoms with van der Waals surface area (Å²) in [6, 6.07) is 6.54. The highest BCUT2D eigenvalue weighted by Gasteiger charge is 2.28. The lowest BCUT2D eigenvalue weighted by molar-refractivity contribution is 0.199. The van der Waals surface area contributed by atoms with Crippen LogP contribution in [0.1, 0.15) is 75.7 Å².